The van der Waals surface area contributed by atoms with Crippen molar-refractivity contribution < 1.29 is 4.74 Å². The Morgan fingerprint density at radius 1 is 0.933 bits per heavy atom. The van der Waals surface area contributed by atoms with Crippen molar-refractivity contribution in [3.63, 3.8) is 0 Å². The van der Waals surface area contributed by atoms with E-state index in [2.05, 4.69) is 13.8 Å². The Bertz CT molecular complexity index is 117. The first-order valence-corrected chi connectivity index (χ1v) is 6.66. The maximum absolute atomic E-state index is 5.71. The van der Waals surface area contributed by atoms with Gasteiger partial charge < -0.3 is 10.5 Å². The van der Waals surface area contributed by atoms with Gasteiger partial charge in [0, 0.05) is 6.54 Å². The average Bonchev–Trinajstić information content (AvgIpc) is 2.25. The van der Waals surface area contributed by atoms with E-state index in [1.165, 1.54) is 51.4 Å². The summed E-state index contributed by atoms with van der Waals surface area (Å²) in [6.07, 6.45) is 10.8. The third kappa shape index (κ3) is 10.2. The zero-order valence-electron chi connectivity index (χ0n) is 10.6. The van der Waals surface area contributed by atoms with Gasteiger partial charge in [-0.3, -0.25) is 0 Å². The molecule has 1 atom stereocenters. The van der Waals surface area contributed by atoms with E-state index in [9.17, 15) is 0 Å². The Kier molecular flexibility index (Phi) is 11.9. The molecule has 0 rings (SSSR count). The smallest absolute Gasteiger partial charge is 0.0592 e. The van der Waals surface area contributed by atoms with Gasteiger partial charge in [0.1, 0.15) is 0 Å². The topological polar surface area (TPSA) is 35.2 Å². The van der Waals surface area contributed by atoms with Crippen molar-refractivity contribution >= 4 is 0 Å². The Hall–Kier alpha value is -0.0800. The zero-order valence-corrected chi connectivity index (χ0v) is 10.6. The minimum atomic E-state index is 0.458. The van der Waals surface area contributed by atoms with Gasteiger partial charge >= 0.3 is 0 Å². The maximum atomic E-state index is 5.71. The Morgan fingerprint density at radius 2 is 1.67 bits per heavy atom. The molecule has 0 spiro atoms. The van der Waals surface area contributed by atoms with Gasteiger partial charge in [-0.05, 0) is 12.8 Å². The summed E-state index contributed by atoms with van der Waals surface area (Å²) in [4.78, 5) is 0. The fraction of sp³-hybridized carbons (Fsp3) is 1.00. The number of rotatable bonds is 11. The van der Waals surface area contributed by atoms with Crippen LogP contribution in [0.1, 0.15) is 65.2 Å². The van der Waals surface area contributed by atoms with Crippen LogP contribution >= 0.6 is 0 Å². The fourth-order valence-corrected chi connectivity index (χ4v) is 1.84. The summed E-state index contributed by atoms with van der Waals surface area (Å²) in [5.41, 5.74) is 5.44. The van der Waals surface area contributed by atoms with Crippen LogP contribution < -0.4 is 5.73 Å². The first-order chi connectivity index (χ1) is 7.35. The van der Waals surface area contributed by atoms with Gasteiger partial charge in [0.15, 0.2) is 0 Å². The Morgan fingerprint density at radius 3 is 2.27 bits per heavy atom. The molecule has 2 N–H and O–H groups in total. The van der Waals surface area contributed by atoms with Crippen molar-refractivity contribution in [2.24, 2.45) is 5.73 Å². The third-order valence-corrected chi connectivity index (χ3v) is 2.71. The second kappa shape index (κ2) is 12.0. The number of hydrogen-bond donors (Lipinski definition) is 1. The lowest BCUT2D eigenvalue weighted by Crippen LogP contribution is -2.18. The molecule has 0 saturated carbocycles. The minimum Gasteiger partial charge on any atom is -0.377 e. The van der Waals surface area contributed by atoms with Crippen molar-refractivity contribution in [3.8, 4) is 0 Å². The molecule has 0 aromatic heterocycles. The molecular formula is C13H29NO. The third-order valence-electron chi connectivity index (χ3n) is 2.71. The van der Waals surface area contributed by atoms with Gasteiger partial charge in [-0.25, -0.2) is 0 Å². The van der Waals surface area contributed by atoms with Crippen molar-refractivity contribution in [2.75, 3.05) is 13.2 Å². The van der Waals surface area contributed by atoms with E-state index in [0.29, 0.717) is 12.6 Å². The van der Waals surface area contributed by atoms with Crippen molar-refractivity contribution in [3.05, 3.63) is 0 Å². The molecule has 0 fully saturated rings. The van der Waals surface area contributed by atoms with E-state index in [1.807, 2.05) is 0 Å². The van der Waals surface area contributed by atoms with E-state index in [4.69, 9.17) is 10.5 Å². The first kappa shape index (κ1) is 14.9. The van der Waals surface area contributed by atoms with Crippen molar-refractivity contribution in [1.29, 1.82) is 0 Å². The van der Waals surface area contributed by atoms with Crippen LogP contribution in [0.2, 0.25) is 0 Å². The maximum Gasteiger partial charge on any atom is 0.0592 e. The molecule has 0 aliphatic heterocycles. The van der Waals surface area contributed by atoms with Crippen LogP contribution in [-0.4, -0.2) is 19.3 Å². The zero-order chi connectivity index (χ0) is 11.4. The van der Waals surface area contributed by atoms with E-state index in [0.717, 1.165) is 6.61 Å². The lowest BCUT2D eigenvalue weighted by Gasteiger charge is -2.16. The number of ether oxygens (including phenoxy) is 1. The molecule has 1 unspecified atom stereocenters. The molecule has 0 saturated heterocycles. The first-order valence-electron chi connectivity index (χ1n) is 6.66. The van der Waals surface area contributed by atoms with Crippen LogP contribution in [0.4, 0.5) is 0 Å². The van der Waals surface area contributed by atoms with E-state index in [1.54, 1.807) is 0 Å². The predicted molar refractivity (Wildman–Crippen MR) is 67.1 cm³/mol. The molecule has 15 heavy (non-hydrogen) atoms. The highest BCUT2D eigenvalue weighted by Crippen LogP contribution is 2.13. The Labute approximate surface area is 95.6 Å². The monoisotopic (exact) mass is 215 g/mol. The fourth-order valence-electron chi connectivity index (χ4n) is 1.84. The normalized spacial score (nSPS) is 13.0. The number of nitrogens with two attached hydrogens (primary N) is 1. The summed E-state index contributed by atoms with van der Waals surface area (Å²) in [7, 11) is 0. The van der Waals surface area contributed by atoms with Gasteiger partial charge in [0.25, 0.3) is 0 Å². The van der Waals surface area contributed by atoms with E-state index >= 15 is 0 Å². The molecule has 0 aliphatic carbocycles. The van der Waals surface area contributed by atoms with Gasteiger partial charge in [-0.1, -0.05) is 52.4 Å². The molecule has 0 aliphatic rings. The van der Waals surface area contributed by atoms with Crippen LogP contribution in [0.3, 0.4) is 0 Å². The summed E-state index contributed by atoms with van der Waals surface area (Å²) in [5, 5.41) is 0. The molecule has 0 aromatic rings. The molecule has 0 radical (unpaired) electrons. The molecule has 2 heteroatoms. The molecule has 0 bridgehead atoms. The van der Waals surface area contributed by atoms with Crippen LogP contribution in [0.25, 0.3) is 0 Å². The highest BCUT2D eigenvalue weighted by atomic mass is 16.5. The number of unbranched alkanes of at least 4 members (excludes halogenated alkanes) is 4. The summed E-state index contributed by atoms with van der Waals surface area (Å²) in [5.74, 6) is 0. The molecule has 92 valence electrons. The summed E-state index contributed by atoms with van der Waals surface area (Å²) < 4.78 is 5.71. The average molecular weight is 215 g/mol. The molecule has 0 amide bonds. The highest BCUT2D eigenvalue weighted by Gasteiger charge is 2.06. The van der Waals surface area contributed by atoms with Crippen LogP contribution in [0.5, 0.6) is 0 Å². The minimum absolute atomic E-state index is 0.458. The van der Waals surface area contributed by atoms with E-state index in [-0.39, 0.29) is 0 Å². The van der Waals surface area contributed by atoms with Crippen molar-refractivity contribution in [2.45, 2.75) is 71.3 Å². The summed E-state index contributed by atoms with van der Waals surface area (Å²) >= 11 is 0. The second-order valence-electron chi connectivity index (χ2n) is 4.27. The van der Waals surface area contributed by atoms with Crippen LogP contribution in [-0.2, 0) is 4.74 Å². The quantitative estimate of drug-likeness (QED) is 0.535. The summed E-state index contributed by atoms with van der Waals surface area (Å²) in [6, 6.07) is 0. The molecular weight excluding hydrogens is 186 g/mol. The lowest BCUT2D eigenvalue weighted by molar-refractivity contribution is 0.0446. The van der Waals surface area contributed by atoms with Gasteiger partial charge in [-0.15, -0.1) is 0 Å². The molecule has 2 nitrogen and oxygen atoms in total. The lowest BCUT2D eigenvalue weighted by atomic mass is 10.1. The van der Waals surface area contributed by atoms with Gasteiger partial charge in [-0.2, -0.15) is 0 Å². The SMILES string of the molecule is CCCCCCCC(CCC)OCCN. The predicted octanol–water partition coefficient (Wildman–Crippen LogP) is 3.49. The van der Waals surface area contributed by atoms with Crippen molar-refractivity contribution in [1.82, 2.24) is 0 Å². The van der Waals surface area contributed by atoms with Gasteiger partial charge in [0.05, 0.1) is 12.7 Å². The van der Waals surface area contributed by atoms with E-state index < -0.39 is 0 Å². The van der Waals surface area contributed by atoms with Crippen LogP contribution in [0.15, 0.2) is 0 Å². The number of hydrogen-bond acceptors (Lipinski definition) is 2. The molecule has 0 aromatic carbocycles. The van der Waals surface area contributed by atoms with Crippen LogP contribution in [0, 0.1) is 0 Å². The second-order valence-corrected chi connectivity index (χ2v) is 4.27. The van der Waals surface area contributed by atoms with Gasteiger partial charge in [0.2, 0.25) is 0 Å². The Balaban J connectivity index is 3.38. The molecule has 0 heterocycles. The highest BCUT2D eigenvalue weighted by molar-refractivity contribution is 4.58. The summed E-state index contributed by atoms with van der Waals surface area (Å²) in [6.45, 7) is 5.84. The standard InChI is InChI=1S/C13H29NO/c1-3-5-6-7-8-10-13(9-4-2)15-12-11-14/h13H,3-12,14H2,1-2H3. The largest absolute Gasteiger partial charge is 0.377 e.